The van der Waals surface area contributed by atoms with E-state index in [2.05, 4.69) is 54.7 Å². The molecule has 0 bridgehead atoms. The van der Waals surface area contributed by atoms with Crippen molar-refractivity contribution in [2.75, 3.05) is 10.2 Å². The zero-order valence-electron chi connectivity index (χ0n) is 12.7. The Balaban J connectivity index is 1.87. The quantitative estimate of drug-likeness (QED) is 0.254. The first kappa shape index (κ1) is 21.7. The second-order valence-corrected chi connectivity index (χ2v) is 127. The molecule has 26 heavy (non-hydrogen) atoms. The number of halogens is 7. The summed E-state index contributed by atoms with van der Waals surface area (Å²) in [5, 5.41) is 3.12. The van der Waals surface area contributed by atoms with Gasteiger partial charge >= 0.3 is 205 Å². The third-order valence-corrected chi connectivity index (χ3v) is 293. The number of carbonyl (C=O) groups excluding carboxylic acids is 2. The number of rotatable bonds is 2. The maximum absolute atomic E-state index is 12.8. The van der Waals surface area contributed by atoms with E-state index in [1.54, 1.807) is 8.47 Å². The Morgan fingerprint density at radius 3 is 2.62 bits per heavy atom. The summed E-state index contributed by atoms with van der Waals surface area (Å²) in [5.41, 5.74) is 2.69. The summed E-state index contributed by atoms with van der Waals surface area (Å²) >= 11 is 6.28. The second kappa shape index (κ2) is 9.75. The SMILES string of the molecule is O=C1CC(=O)N(c2ccccc2)c2ccc3c(c2N1)[I-]I(I)I([I-]I)[I-]3. The number of carbonyl (C=O) groups is 2. The Bertz CT molecular complexity index is 880. The van der Waals surface area contributed by atoms with Crippen LogP contribution in [-0.4, -0.2) is 11.8 Å². The van der Waals surface area contributed by atoms with Gasteiger partial charge in [-0.25, -0.2) is 0 Å². The minimum absolute atomic E-state index is 0.0433. The zero-order valence-corrected chi connectivity index (χ0v) is 27.8. The van der Waals surface area contributed by atoms with Crippen LogP contribution >= 0.6 is 53.0 Å². The first-order chi connectivity index (χ1) is 12.6. The minimum atomic E-state index is -0.756. The van der Waals surface area contributed by atoms with Gasteiger partial charge in [-0.15, -0.1) is 0 Å². The van der Waals surface area contributed by atoms with Gasteiger partial charge < -0.3 is 0 Å². The van der Waals surface area contributed by atoms with Gasteiger partial charge in [-0.2, -0.15) is 0 Å². The molecule has 4 rings (SSSR count). The molecule has 2 aromatic rings. The molecule has 144 valence electrons. The van der Waals surface area contributed by atoms with Crippen LogP contribution in [0, 0.1) is 7.14 Å². The second-order valence-electron chi connectivity index (χ2n) is 5.07. The summed E-state index contributed by atoms with van der Waals surface area (Å²) < 4.78 is 3.06. The van der Waals surface area contributed by atoms with E-state index < -0.39 is 15.8 Å². The molecule has 11 heteroatoms. The van der Waals surface area contributed by atoms with Crippen molar-refractivity contribution in [3.05, 3.63) is 49.6 Å². The van der Waals surface area contributed by atoms with Gasteiger partial charge in [0.2, 0.25) is 0 Å². The predicted octanol–water partition coefficient (Wildman–Crippen LogP) is -3.31. The Morgan fingerprint density at radius 2 is 1.88 bits per heavy atom. The Kier molecular flexibility index (Phi) is 8.14. The summed E-state index contributed by atoms with van der Waals surface area (Å²) in [5.74, 6) is -0.311. The number of para-hydroxylation sites is 1. The van der Waals surface area contributed by atoms with Crippen LogP contribution in [-0.2, 0) is 9.59 Å². The number of hydrogen-bond donors (Lipinski definition) is 1. The van der Waals surface area contributed by atoms with Crippen LogP contribution in [0.5, 0.6) is 0 Å². The van der Waals surface area contributed by atoms with Gasteiger partial charge in [0.1, 0.15) is 0 Å². The molecule has 0 aliphatic carbocycles. The fourth-order valence-electron chi connectivity index (χ4n) is 2.54. The van der Waals surface area contributed by atoms with Gasteiger partial charge in [-0.05, 0) is 0 Å². The number of anilines is 3. The van der Waals surface area contributed by atoms with Crippen LogP contribution in [0.3, 0.4) is 0 Å². The summed E-state index contributed by atoms with van der Waals surface area (Å²) in [6.07, 6.45) is -0.0873. The van der Waals surface area contributed by atoms with E-state index in [1.807, 2.05) is 30.3 Å². The van der Waals surface area contributed by atoms with E-state index in [-0.39, 0.29) is 52.7 Å². The van der Waals surface area contributed by atoms with Crippen LogP contribution in [0.25, 0.3) is 0 Å². The van der Waals surface area contributed by atoms with E-state index in [0.29, 0.717) is 13.3 Å². The molecule has 0 fully saturated rings. The van der Waals surface area contributed by atoms with Crippen LogP contribution in [0.2, 0.25) is 0 Å². The van der Waals surface area contributed by atoms with Crippen molar-refractivity contribution >= 4 is 81.9 Å². The fourth-order valence-corrected chi connectivity index (χ4v) is 363. The van der Waals surface area contributed by atoms with E-state index in [1.165, 1.54) is 3.57 Å². The van der Waals surface area contributed by atoms with Crippen LogP contribution in [0.1, 0.15) is 6.42 Å². The summed E-state index contributed by atoms with van der Waals surface area (Å²) in [6.45, 7) is 0. The first-order valence-corrected chi connectivity index (χ1v) is 47.0. The average molecular weight is 1140 g/mol. The molecular formula is C15H10I7N2O2-3. The van der Waals surface area contributed by atoms with Crippen molar-refractivity contribution < 1.29 is 57.3 Å². The van der Waals surface area contributed by atoms with Crippen molar-refractivity contribution in [2.24, 2.45) is 0 Å². The van der Waals surface area contributed by atoms with E-state index in [0.717, 1.165) is 17.1 Å². The number of hydrogen-bond acceptors (Lipinski definition) is 2. The number of benzene rings is 2. The average Bonchev–Trinajstić information content (AvgIpc) is 2.76. The molecule has 2 heterocycles. The van der Waals surface area contributed by atoms with Gasteiger partial charge in [0.05, 0.1) is 0 Å². The topological polar surface area (TPSA) is 49.4 Å². The van der Waals surface area contributed by atoms with Gasteiger partial charge in [0.15, 0.2) is 0 Å². The number of fused-ring (bicyclic) bond motifs is 3. The number of nitrogens with one attached hydrogen (secondary N) is 1. The molecule has 2 aromatic carbocycles. The molecule has 2 amide bonds. The predicted molar refractivity (Wildman–Crippen MR) is 127 cm³/mol. The van der Waals surface area contributed by atoms with E-state index in [9.17, 15) is 9.59 Å². The normalized spacial score (nSPS) is 20.3. The van der Waals surface area contributed by atoms with Crippen LogP contribution in [0.4, 0.5) is 17.1 Å². The molecule has 0 radical (unpaired) electrons. The molecule has 4 nitrogen and oxygen atoms in total. The van der Waals surface area contributed by atoms with Crippen molar-refractivity contribution in [1.29, 1.82) is 0 Å². The molecule has 0 aromatic heterocycles. The molecule has 0 unspecified atom stereocenters. The van der Waals surface area contributed by atoms with Crippen molar-refractivity contribution in [2.45, 2.75) is 6.42 Å². The third kappa shape index (κ3) is 4.55. The van der Waals surface area contributed by atoms with Crippen molar-refractivity contribution in [3.63, 3.8) is 0 Å². The number of amides is 2. The molecule has 0 saturated carbocycles. The van der Waals surface area contributed by atoms with Crippen molar-refractivity contribution in [1.82, 2.24) is 0 Å². The Morgan fingerprint density at radius 1 is 1.12 bits per heavy atom. The first-order valence-electron chi connectivity index (χ1n) is 7.09. The van der Waals surface area contributed by atoms with Crippen molar-refractivity contribution in [3.8, 4) is 0 Å². The fraction of sp³-hybridized carbons (Fsp3) is 0.0667. The molecule has 1 N–H and O–H groups in total. The molecule has 0 spiro atoms. The summed E-state index contributed by atoms with van der Waals surface area (Å²) in [6, 6.07) is 14.1. The maximum atomic E-state index is 12.8. The van der Waals surface area contributed by atoms with E-state index >= 15 is 0 Å². The summed E-state index contributed by atoms with van der Waals surface area (Å²) in [4.78, 5) is 27.0. The molecule has 2 aliphatic rings. The monoisotopic (exact) mass is 1140 g/mol. The van der Waals surface area contributed by atoms with Crippen LogP contribution in [0.15, 0.2) is 42.5 Å². The van der Waals surface area contributed by atoms with Gasteiger partial charge in [-0.3, -0.25) is 0 Å². The Hall–Kier alpha value is 2.49. The van der Waals surface area contributed by atoms with Gasteiger partial charge in [-0.1, -0.05) is 0 Å². The molecule has 0 saturated heterocycles. The summed E-state index contributed by atoms with van der Waals surface area (Å²) in [7, 11) is -1.33. The van der Waals surface area contributed by atoms with E-state index in [4.69, 9.17) is 0 Å². The standard InChI is InChI=1S/C15H10I7N2O2/c16-20-22-18-10-6-7-11-15(14(10)19-21(22)17)23-12(25)8-13(26)24(11)9-4-2-1-3-5-9/h1-7H,8H2,(H,23,25)/q-3. The molecular weight excluding hydrogens is 1130 g/mol. The van der Waals surface area contributed by atoms with Gasteiger partial charge in [0.25, 0.3) is 0 Å². The van der Waals surface area contributed by atoms with Crippen LogP contribution < -0.4 is 57.9 Å². The number of nitrogens with zero attached hydrogens (tertiary/aromatic N) is 1. The molecule has 0 atom stereocenters. The van der Waals surface area contributed by atoms with Gasteiger partial charge in [0, 0.05) is 0 Å². The molecule has 2 aliphatic heterocycles. The zero-order chi connectivity index (χ0) is 18.3. The third-order valence-electron chi connectivity index (χ3n) is 3.53. The Labute approximate surface area is 200 Å².